The number of nitrogens with one attached hydrogen (secondary N) is 1. The summed E-state index contributed by atoms with van der Waals surface area (Å²) in [6, 6.07) is 4.31. The highest BCUT2D eigenvalue weighted by molar-refractivity contribution is 6.30. The highest BCUT2D eigenvalue weighted by atomic mass is 35.5. The van der Waals surface area contributed by atoms with E-state index in [4.69, 9.17) is 11.6 Å². The second-order valence-electron chi connectivity index (χ2n) is 3.16. The quantitative estimate of drug-likeness (QED) is 0.623. The molecule has 0 atom stereocenters. The van der Waals surface area contributed by atoms with Crippen LogP contribution in [0.25, 0.3) is 0 Å². The molecule has 1 amide bonds. The van der Waals surface area contributed by atoms with Gasteiger partial charge < -0.3 is 5.32 Å². The number of halogens is 2. The van der Waals surface area contributed by atoms with Crippen molar-refractivity contribution in [3.8, 4) is 11.8 Å². The lowest BCUT2D eigenvalue weighted by molar-refractivity contribution is -0.118. The van der Waals surface area contributed by atoms with Gasteiger partial charge in [0.25, 0.3) is 0 Å². The second kappa shape index (κ2) is 6.14. The molecule has 16 heavy (non-hydrogen) atoms. The molecule has 0 aliphatic carbocycles. The average Bonchev–Trinajstić information content (AvgIpc) is 2.22. The van der Waals surface area contributed by atoms with Crippen LogP contribution in [0.15, 0.2) is 18.2 Å². The Morgan fingerprint density at radius 3 is 2.94 bits per heavy atom. The first kappa shape index (κ1) is 12.5. The number of rotatable bonds is 2. The molecule has 1 aromatic carbocycles. The molecule has 84 valence electrons. The summed E-state index contributed by atoms with van der Waals surface area (Å²) in [5.41, 5.74) is 0.661. The number of carbonyl (C=O) groups excluding carboxylic acids is 1. The van der Waals surface area contributed by atoms with E-state index in [1.807, 2.05) is 0 Å². The summed E-state index contributed by atoms with van der Waals surface area (Å²) in [6.07, 6.45) is 0.550. The molecule has 0 saturated heterocycles. The number of hydrogen-bond acceptors (Lipinski definition) is 1. The van der Waals surface area contributed by atoms with Gasteiger partial charge in [-0.1, -0.05) is 23.4 Å². The maximum atomic E-state index is 12.8. The van der Waals surface area contributed by atoms with Crippen molar-refractivity contribution in [1.29, 1.82) is 0 Å². The van der Waals surface area contributed by atoms with Crippen LogP contribution in [0.5, 0.6) is 0 Å². The van der Waals surface area contributed by atoms with Crippen molar-refractivity contribution in [2.24, 2.45) is 0 Å². The third-order valence-electron chi connectivity index (χ3n) is 1.78. The normalized spacial score (nSPS) is 9.19. The van der Waals surface area contributed by atoms with Crippen LogP contribution in [0.1, 0.15) is 18.9 Å². The van der Waals surface area contributed by atoms with Gasteiger partial charge in [-0.3, -0.25) is 4.79 Å². The second-order valence-corrected chi connectivity index (χ2v) is 3.57. The Morgan fingerprint density at radius 1 is 1.56 bits per heavy atom. The van der Waals surface area contributed by atoms with Gasteiger partial charge in [-0.15, -0.1) is 0 Å². The first-order chi connectivity index (χ1) is 7.59. The van der Waals surface area contributed by atoms with E-state index in [0.717, 1.165) is 0 Å². The lowest BCUT2D eigenvalue weighted by Gasteiger charge is -1.95. The number of hydrogen-bond donors (Lipinski definition) is 1. The van der Waals surface area contributed by atoms with Gasteiger partial charge in [-0.2, -0.15) is 0 Å². The highest BCUT2D eigenvalue weighted by Gasteiger charge is 1.97. The first-order valence-electron chi connectivity index (χ1n) is 4.78. The van der Waals surface area contributed by atoms with E-state index in [-0.39, 0.29) is 10.9 Å². The van der Waals surface area contributed by atoms with Crippen molar-refractivity contribution in [3.63, 3.8) is 0 Å². The van der Waals surface area contributed by atoms with Crippen LogP contribution in [0.3, 0.4) is 0 Å². The average molecular weight is 240 g/mol. The summed E-state index contributed by atoms with van der Waals surface area (Å²) in [5.74, 6) is 5.16. The van der Waals surface area contributed by atoms with Gasteiger partial charge in [0.15, 0.2) is 0 Å². The van der Waals surface area contributed by atoms with Crippen LogP contribution >= 0.6 is 11.6 Å². The molecule has 0 aliphatic heterocycles. The Hall–Kier alpha value is -1.53. The fraction of sp³-hybridized carbons (Fsp3) is 0.250. The molecule has 0 unspecified atom stereocenters. The van der Waals surface area contributed by atoms with Gasteiger partial charge in [-0.05, 0) is 18.2 Å². The van der Waals surface area contributed by atoms with Gasteiger partial charge in [0, 0.05) is 25.5 Å². The minimum absolute atomic E-state index is 0.0636. The summed E-state index contributed by atoms with van der Waals surface area (Å²) in [4.78, 5) is 10.5. The predicted molar refractivity (Wildman–Crippen MR) is 61.6 cm³/mol. The van der Waals surface area contributed by atoms with Crippen LogP contribution in [0.2, 0.25) is 5.02 Å². The van der Waals surface area contributed by atoms with E-state index in [9.17, 15) is 9.18 Å². The fourth-order valence-electron chi connectivity index (χ4n) is 1.04. The van der Waals surface area contributed by atoms with Gasteiger partial charge in [0.2, 0.25) is 5.91 Å². The third kappa shape index (κ3) is 4.33. The maximum absolute atomic E-state index is 12.8. The fourth-order valence-corrected chi connectivity index (χ4v) is 1.22. The zero-order valence-electron chi connectivity index (χ0n) is 8.81. The Labute approximate surface area is 98.8 Å². The summed E-state index contributed by atoms with van der Waals surface area (Å²) in [5, 5.41) is 2.69. The SMILES string of the molecule is CC(=O)NCCC#Cc1ccc(F)c(Cl)c1. The summed E-state index contributed by atoms with van der Waals surface area (Å²) in [6.45, 7) is 1.96. The maximum Gasteiger partial charge on any atom is 0.216 e. The molecule has 2 nitrogen and oxygen atoms in total. The molecule has 0 heterocycles. The molecule has 0 spiro atoms. The number of benzene rings is 1. The van der Waals surface area contributed by atoms with E-state index >= 15 is 0 Å². The molecule has 0 fully saturated rings. The topological polar surface area (TPSA) is 29.1 Å². The molecule has 1 N–H and O–H groups in total. The summed E-state index contributed by atoms with van der Waals surface area (Å²) in [7, 11) is 0. The number of amides is 1. The minimum atomic E-state index is -0.453. The molecule has 0 radical (unpaired) electrons. The van der Waals surface area contributed by atoms with Crippen LogP contribution in [-0.2, 0) is 4.79 Å². The number of carbonyl (C=O) groups is 1. The zero-order chi connectivity index (χ0) is 12.0. The molecule has 1 rings (SSSR count). The van der Waals surface area contributed by atoms with Crippen molar-refractivity contribution in [3.05, 3.63) is 34.6 Å². The van der Waals surface area contributed by atoms with Crippen LogP contribution in [0.4, 0.5) is 4.39 Å². The Bertz CT molecular complexity index is 448. The van der Waals surface area contributed by atoms with Crippen molar-refractivity contribution in [2.75, 3.05) is 6.54 Å². The molecule has 1 aromatic rings. The molecule has 4 heteroatoms. The standard InChI is InChI=1S/C12H11ClFNO/c1-9(16)15-7-3-2-4-10-5-6-12(14)11(13)8-10/h5-6,8H,3,7H2,1H3,(H,15,16). The largest absolute Gasteiger partial charge is 0.355 e. The third-order valence-corrected chi connectivity index (χ3v) is 2.07. The monoisotopic (exact) mass is 239 g/mol. The summed E-state index contributed by atoms with van der Waals surface area (Å²) < 4.78 is 12.8. The van der Waals surface area contributed by atoms with Crippen LogP contribution in [-0.4, -0.2) is 12.5 Å². The first-order valence-corrected chi connectivity index (χ1v) is 5.16. The molecular formula is C12H11ClFNO. The van der Waals surface area contributed by atoms with E-state index in [0.29, 0.717) is 18.5 Å². The Morgan fingerprint density at radius 2 is 2.31 bits per heavy atom. The van der Waals surface area contributed by atoms with Crippen molar-refractivity contribution in [1.82, 2.24) is 5.32 Å². The van der Waals surface area contributed by atoms with Crippen LogP contribution in [0, 0.1) is 17.7 Å². The lowest BCUT2D eigenvalue weighted by atomic mass is 10.2. The van der Waals surface area contributed by atoms with Crippen molar-refractivity contribution < 1.29 is 9.18 Å². The van der Waals surface area contributed by atoms with E-state index in [2.05, 4.69) is 17.2 Å². The summed E-state index contributed by atoms with van der Waals surface area (Å²) >= 11 is 5.60. The van der Waals surface area contributed by atoms with Gasteiger partial charge in [-0.25, -0.2) is 4.39 Å². The zero-order valence-corrected chi connectivity index (χ0v) is 9.57. The smallest absolute Gasteiger partial charge is 0.216 e. The molecule has 0 aromatic heterocycles. The highest BCUT2D eigenvalue weighted by Crippen LogP contribution is 2.15. The Kier molecular flexibility index (Phi) is 4.81. The van der Waals surface area contributed by atoms with E-state index in [1.54, 1.807) is 6.07 Å². The molecule has 0 aliphatic rings. The van der Waals surface area contributed by atoms with Crippen molar-refractivity contribution in [2.45, 2.75) is 13.3 Å². The molecule has 0 saturated carbocycles. The van der Waals surface area contributed by atoms with E-state index < -0.39 is 5.82 Å². The minimum Gasteiger partial charge on any atom is -0.355 e. The molecule has 0 bridgehead atoms. The van der Waals surface area contributed by atoms with Gasteiger partial charge in [0.05, 0.1) is 5.02 Å². The van der Waals surface area contributed by atoms with Crippen LogP contribution < -0.4 is 5.32 Å². The molecular weight excluding hydrogens is 229 g/mol. The van der Waals surface area contributed by atoms with Gasteiger partial charge in [0.1, 0.15) is 5.82 Å². The van der Waals surface area contributed by atoms with Gasteiger partial charge >= 0.3 is 0 Å². The lowest BCUT2D eigenvalue weighted by Crippen LogP contribution is -2.20. The van der Waals surface area contributed by atoms with Crippen molar-refractivity contribution >= 4 is 17.5 Å². The van der Waals surface area contributed by atoms with E-state index in [1.165, 1.54) is 19.1 Å². The predicted octanol–water partition coefficient (Wildman–Crippen LogP) is 2.36. The Balaban J connectivity index is 2.50.